The maximum atomic E-state index is 12.1. The van der Waals surface area contributed by atoms with Crippen molar-refractivity contribution in [2.45, 2.75) is 0 Å². The highest BCUT2D eigenvalue weighted by molar-refractivity contribution is 6.33. The number of hydrogen-bond acceptors (Lipinski definition) is 4. The van der Waals surface area contributed by atoms with Gasteiger partial charge >= 0.3 is 5.97 Å². The Hall–Kier alpha value is -2.33. The molecule has 0 aliphatic rings. The Morgan fingerprint density at radius 1 is 1.15 bits per heavy atom. The summed E-state index contributed by atoms with van der Waals surface area (Å²) in [6, 6.07) is 11.3. The summed E-state index contributed by atoms with van der Waals surface area (Å²) in [7, 11) is 1.43. The van der Waals surface area contributed by atoms with Gasteiger partial charge in [-0.1, -0.05) is 29.8 Å². The van der Waals surface area contributed by atoms with Gasteiger partial charge < -0.3 is 9.47 Å². The van der Waals surface area contributed by atoms with Gasteiger partial charge in [0.15, 0.2) is 17.8 Å². The van der Waals surface area contributed by atoms with Crippen LogP contribution >= 0.6 is 11.6 Å². The van der Waals surface area contributed by atoms with Crippen molar-refractivity contribution in [2.24, 2.45) is 0 Å². The normalized spacial score (nSPS) is 9.90. The molecule has 20 heavy (non-hydrogen) atoms. The Morgan fingerprint density at radius 2 is 1.90 bits per heavy atom. The van der Waals surface area contributed by atoms with Crippen molar-refractivity contribution in [2.75, 3.05) is 7.11 Å². The van der Waals surface area contributed by atoms with Crippen LogP contribution < -0.4 is 9.47 Å². The zero-order valence-corrected chi connectivity index (χ0v) is 11.4. The van der Waals surface area contributed by atoms with Gasteiger partial charge in [-0.2, -0.15) is 0 Å². The van der Waals surface area contributed by atoms with Crippen LogP contribution in [0.2, 0.25) is 5.02 Å². The van der Waals surface area contributed by atoms with E-state index >= 15 is 0 Å². The van der Waals surface area contributed by atoms with Crippen molar-refractivity contribution in [1.82, 2.24) is 0 Å². The molecule has 0 saturated heterocycles. The SMILES string of the molecule is COc1cccc(C=O)c1OC(=O)c1ccccc1Cl. The van der Waals surface area contributed by atoms with E-state index in [0.29, 0.717) is 12.0 Å². The number of halogens is 1. The van der Waals surface area contributed by atoms with Crippen LogP contribution in [0.4, 0.5) is 0 Å². The van der Waals surface area contributed by atoms with Crippen LogP contribution in [0.25, 0.3) is 0 Å². The molecule has 0 spiro atoms. The number of methoxy groups -OCH3 is 1. The lowest BCUT2D eigenvalue weighted by Gasteiger charge is -2.11. The van der Waals surface area contributed by atoms with Gasteiger partial charge in [-0.3, -0.25) is 4.79 Å². The van der Waals surface area contributed by atoms with Crippen molar-refractivity contribution >= 4 is 23.9 Å². The first-order chi connectivity index (χ1) is 9.67. The van der Waals surface area contributed by atoms with Crippen molar-refractivity contribution in [3.63, 3.8) is 0 Å². The molecule has 0 unspecified atom stereocenters. The minimum absolute atomic E-state index is 0.0786. The molecule has 0 fully saturated rings. The van der Waals surface area contributed by atoms with Crippen LogP contribution in [-0.2, 0) is 0 Å². The molecule has 2 aromatic carbocycles. The minimum Gasteiger partial charge on any atom is -0.493 e. The number of benzene rings is 2. The van der Waals surface area contributed by atoms with Gasteiger partial charge in [0.05, 0.1) is 23.3 Å². The first-order valence-electron chi connectivity index (χ1n) is 5.76. The molecule has 0 N–H and O–H groups in total. The molecule has 0 heterocycles. The number of hydrogen-bond donors (Lipinski definition) is 0. The number of carbonyl (C=O) groups excluding carboxylic acids is 2. The van der Waals surface area contributed by atoms with Crippen LogP contribution in [0.5, 0.6) is 11.5 Å². The summed E-state index contributed by atoms with van der Waals surface area (Å²) < 4.78 is 10.3. The lowest BCUT2D eigenvalue weighted by Crippen LogP contribution is -2.11. The fraction of sp³-hybridized carbons (Fsp3) is 0.0667. The Kier molecular flexibility index (Phi) is 4.38. The van der Waals surface area contributed by atoms with E-state index in [1.165, 1.54) is 13.2 Å². The molecule has 0 atom stereocenters. The fourth-order valence-corrected chi connectivity index (χ4v) is 1.88. The maximum Gasteiger partial charge on any atom is 0.345 e. The molecular formula is C15H11ClO4. The lowest BCUT2D eigenvalue weighted by atomic mass is 10.2. The van der Waals surface area contributed by atoms with Crippen LogP contribution in [0.3, 0.4) is 0 Å². The van der Waals surface area contributed by atoms with Crippen molar-refractivity contribution < 1.29 is 19.1 Å². The highest BCUT2D eigenvalue weighted by Gasteiger charge is 2.17. The summed E-state index contributed by atoms with van der Waals surface area (Å²) >= 11 is 5.93. The first-order valence-corrected chi connectivity index (χ1v) is 6.14. The van der Waals surface area contributed by atoms with Crippen LogP contribution in [-0.4, -0.2) is 19.4 Å². The first kappa shape index (κ1) is 14.1. The number of esters is 1. The van der Waals surface area contributed by atoms with Crippen LogP contribution in [0.15, 0.2) is 42.5 Å². The second-order valence-electron chi connectivity index (χ2n) is 3.87. The van der Waals surface area contributed by atoms with Gasteiger partial charge in [0.25, 0.3) is 0 Å². The van der Waals surface area contributed by atoms with Crippen molar-refractivity contribution in [1.29, 1.82) is 0 Å². The quantitative estimate of drug-likeness (QED) is 0.492. The number of para-hydroxylation sites is 1. The van der Waals surface area contributed by atoms with E-state index in [4.69, 9.17) is 21.1 Å². The maximum absolute atomic E-state index is 12.1. The lowest BCUT2D eigenvalue weighted by molar-refractivity contribution is 0.0728. The molecule has 0 amide bonds. The summed E-state index contributed by atoms with van der Waals surface area (Å²) in [5.74, 6) is -0.270. The van der Waals surface area contributed by atoms with Gasteiger partial charge in [0.2, 0.25) is 0 Å². The van der Waals surface area contributed by atoms with Crippen molar-refractivity contribution in [3.8, 4) is 11.5 Å². The molecule has 0 aromatic heterocycles. The van der Waals surface area contributed by atoms with Crippen LogP contribution in [0, 0.1) is 0 Å². The molecule has 102 valence electrons. The zero-order valence-electron chi connectivity index (χ0n) is 10.6. The number of carbonyl (C=O) groups is 2. The van der Waals surface area contributed by atoms with Crippen LogP contribution in [0.1, 0.15) is 20.7 Å². The Morgan fingerprint density at radius 3 is 2.55 bits per heavy atom. The Labute approximate surface area is 120 Å². The van der Waals surface area contributed by atoms with E-state index in [1.807, 2.05) is 0 Å². The molecule has 4 nitrogen and oxygen atoms in total. The predicted octanol–water partition coefficient (Wildman–Crippen LogP) is 3.38. The summed E-state index contributed by atoms with van der Waals surface area (Å²) in [6.45, 7) is 0. The highest BCUT2D eigenvalue weighted by Crippen LogP contribution is 2.31. The van der Waals surface area contributed by atoms with Gasteiger partial charge in [0, 0.05) is 0 Å². The van der Waals surface area contributed by atoms with Crippen molar-refractivity contribution in [3.05, 3.63) is 58.6 Å². The van der Waals surface area contributed by atoms with E-state index in [-0.39, 0.29) is 21.9 Å². The molecule has 0 bridgehead atoms. The van der Waals surface area contributed by atoms with Gasteiger partial charge in [-0.15, -0.1) is 0 Å². The number of ether oxygens (including phenoxy) is 2. The average molecular weight is 291 g/mol. The average Bonchev–Trinajstić information content (AvgIpc) is 2.47. The Balaban J connectivity index is 2.37. The Bertz CT molecular complexity index is 652. The standard InChI is InChI=1S/C15H11ClO4/c1-19-13-8-4-5-10(9-17)14(13)20-15(18)11-6-2-3-7-12(11)16/h2-9H,1H3. The van der Waals surface area contributed by atoms with E-state index in [0.717, 1.165) is 0 Å². The topological polar surface area (TPSA) is 52.6 Å². The van der Waals surface area contributed by atoms with E-state index < -0.39 is 5.97 Å². The second-order valence-corrected chi connectivity index (χ2v) is 4.27. The van der Waals surface area contributed by atoms with Gasteiger partial charge in [0.1, 0.15) is 0 Å². The zero-order chi connectivity index (χ0) is 14.5. The summed E-state index contributed by atoms with van der Waals surface area (Å²) in [4.78, 5) is 23.1. The third-order valence-electron chi connectivity index (χ3n) is 2.64. The molecule has 5 heteroatoms. The van der Waals surface area contributed by atoms with Gasteiger partial charge in [-0.25, -0.2) is 4.79 Å². The smallest absolute Gasteiger partial charge is 0.345 e. The molecule has 0 aliphatic carbocycles. The van der Waals surface area contributed by atoms with Gasteiger partial charge in [-0.05, 0) is 24.3 Å². The molecule has 2 aromatic rings. The molecule has 0 saturated carbocycles. The molecule has 0 radical (unpaired) electrons. The van der Waals surface area contributed by atoms with E-state index in [1.54, 1.807) is 36.4 Å². The third kappa shape index (κ3) is 2.81. The summed E-state index contributed by atoms with van der Waals surface area (Å²) in [5, 5.41) is 0.278. The number of rotatable bonds is 4. The molecule has 0 aliphatic heterocycles. The minimum atomic E-state index is -0.650. The highest BCUT2D eigenvalue weighted by atomic mass is 35.5. The van der Waals surface area contributed by atoms with E-state index in [2.05, 4.69) is 0 Å². The summed E-state index contributed by atoms with van der Waals surface area (Å²) in [5.41, 5.74) is 0.446. The fourth-order valence-electron chi connectivity index (χ4n) is 1.67. The largest absolute Gasteiger partial charge is 0.493 e. The third-order valence-corrected chi connectivity index (χ3v) is 2.97. The summed E-state index contributed by atoms with van der Waals surface area (Å²) in [6.07, 6.45) is 0.595. The number of aldehydes is 1. The second kappa shape index (κ2) is 6.21. The van der Waals surface area contributed by atoms with E-state index in [9.17, 15) is 9.59 Å². The monoisotopic (exact) mass is 290 g/mol. The predicted molar refractivity (Wildman–Crippen MR) is 74.8 cm³/mol. The molecule has 2 rings (SSSR count). The molecular weight excluding hydrogens is 280 g/mol.